The van der Waals surface area contributed by atoms with Crippen molar-refractivity contribution in [2.24, 2.45) is 0 Å². The molecule has 1 aromatic carbocycles. The number of aliphatic carboxylic acids is 1. The average molecular weight is 277 g/mol. The Morgan fingerprint density at radius 1 is 1.20 bits per heavy atom. The zero-order chi connectivity index (χ0) is 15.0. The third kappa shape index (κ3) is 6.20. The topological polar surface area (TPSA) is 40.5 Å². The number of carboxylic acid groups (broad SMARTS) is 1. The van der Waals surface area contributed by atoms with Gasteiger partial charge in [0.2, 0.25) is 0 Å². The van der Waals surface area contributed by atoms with Crippen LogP contribution in [0.3, 0.4) is 0 Å². The number of hydrogen-bond acceptors (Lipinski definition) is 2. The van der Waals surface area contributed by atoms with Gasteiger partial charge in [0.25, 0.3) is 0 Å². The van der Waals surface area contributed by atoms with E-state index in [2.05, 4.69) is 36.1 Å². The van der Waals surface area contributed by atoms with Gasteiger partial charge in [-0.1, -0.05) is 50.5 Å². The molecule has 0 aliphatic rings. The molecule has 3 nitrogen and oxygen atoms in total. The maximum absolute atomic E-state index is 11.0. The van der Waals surface area contributed by atoms with Crippen LogP contribution in [0.2, 0.25) is 0 Å². The van der Waals surface area contributed by atoms with Crippen LogP contribution in [0, 0.1) is 0 Å². The summed E-state index contributed by atoms with van der Waals surface area (Å²) >= 11 is 0. The maximum Gasteiger partial charge on any atom is 0.303 e. The predicted octanol–water partition coefficient (Wildman–Crippen LogP) is 3.89. The van der Waals surface area contributed by atoms with Crippen molar-refractivity contribution in [3.8, 4) is 0 Å². The fraction of sp³-hybridized carbons (Fsp3) is 0.588. The number of hydrogen-bond donors (Lipinski definition) is 1. The third-order valence-corrected chi connectivity index (χ3v) is 3.53. The van der Waals surface area contributed by atoms with Crippen LogP contribution in [-0.2, 0) is 11.3 Å². The molecular weight excluding hydrogens is 250 g/mol. The quantitative estimate of drug-likeness (QED) is 0.696. The molecule has 3 heteroatoms. The minimum absolute atomic E-state index is 0.146. The van der Waals surface area contributed by atoms with Gasteiger partial charge in [0.15, 0.2) is 0 Å². The molecule has 0 amide bonds. The van der Waals surface area contributed by atoms with Crippen LogP contribution in [0.4, 0.5) is 0 Å². The summed E-state index contributed by atoms with van der Waals surface area (Å²) in [6, 6.07) is 8.42. The van der Waals surface area contributed by atoms with Crippen molar-refractivity contribution >= 4 is 5.97 Å². The smallest absolute Gasteiger partial charge is 0.303 e. The molecule has 0 aromatic heterocycles. The Hall–Kier alpha value is -1.35. The molecule has 0 heterocycles. The Morgan fingerprint density at radius 2 is 1.85 bits per heavy atom. The zero-order valence-corrected chi connectivity index (χ0v) is 12.9. The van der Waals surface area contributed by atoms with Crippen LogP contribution in [0.25, 0.3) is 0 Å². The van der Waals surface area contributed by atoms with Gasteiger partial charge in [-0.2, -0.15) is 0 Å². The monoisotopic (exact) mass is 277 g/mol. The van der Waals surface area contributed by atoms with Gasteiger partial charge in [-0.05, 0) is 37.6 Å². The maximum atomic E-state index is 11.0. The van der Waals surface area contributed by atoms with E-state index in [1.54, 1.807) is 0 Å². The van der Waals surface area contributed by atoms with E-state index in [9.17, 15) is 4.79 Å². The summed E-state index contributed by atoms with van der Waals surface area (Å²) < 4.78 is 0. The van der Waals surface area contributed by atoms with Crippen LogP contribution in [0.1, 0.15) is 56.1 Å². The van der Waals surface area contributed by atoms with Crippen molar-refractivity contribution in [1.29, 1.82) is 0 Å². The van der Waals surface area contributed by atoms with Gasteiger partial charge in [0.05, 0.1) is 6.42 Å². The Bertz CT molecular complexity index is 398. The first-order chi connectivity index (χ1) is 9.52. The van der Waals surface area contributed by atoms with E-state index in [0.717, 1.165) is 24.9 Å². The van der Waals surface area contributed by atoms with Crippen molar-refractivity contribution in [3.05, 3.63) is 35.4 Å². The van der Waals surface area contributed by atoms with Crippen molar-refractivity contribution in [2.75, 3.05) is 14.1 Å². The standard InChI is InChI=1S/C17H27NO2/c1-4-5-6-7-16(12-17(19)20)15-10-8-14(9-11-15)13-18(2)3/h8-11,16H,4-7,12-13H2,1-3H3,(H,19,20). The van der Waals surface area contributed by atoms with Crippen LogP contribution in [-0.4, -0.2) is 30.1 Å². The van der Waals surface area contributed by atoms with Crippen molar-refractivity contribution in [3.63, 3.8) is 0 Å². The zero-order valence-electron chi connectivity index (χ0n) is 12.9. The van der Waals surface area contributed by atoms with Crippen LogP contribution < -0.4 is 0 Å². The average Bonchev–Trinajstić information content (AvgIpc) is 2.37. The fourth-order valence-corrected chi connectivity index (χ4v) is 2.50. The second kappa shape index (κ2) is 8.75. The number of benzene rings is 1. The Kier molecular flexibility index (Phi) is 7.31. The predicted molar refractivity (Wildman–Crippen MR) is 83.0 cm³/mol. The van der Waals surface area contributed by atoms with E-state index < -0.39 is 5.97 Å². The lowest BCUT2D eigenvalue weighted by atomic mass is 9.90. The minimum Gasteiger partial charge on any atom is -0.481 e. The summed E-state index contributed by atoms with van der Waals surface area (Å²) in [6.07, 6.45) is 4.65. The second-order valence-electron chi connectivity index (χ2n) is 5.77. The van der Waals surface area contributed by atoms with Crippen molar-refractivity contribution < 1.29 is 9.90 Å². The first-order valence-electron chi connectivity index (χ1n) is 7.48. The highest BCUT2D eigenvalue weighted by Gasteiger charge is 2.15. The molecule has 0 saturated heterocycles. The molecule has 0 aliphatic heterocycles. The molecule has 20 heavy (non-hydrogen) atoms. The SMILES string of the molecule is CCCCCC(CC(=O)O)c1ccc(CN(C)C)cc1. The first kappa shape index (κ1) is 16.7. The number of carboxylic acids is 1. The summed E-state index contributed by atoms with van der Waals surface area (Å²) in [5.41, 5.74) is 2.42. The number of rotatable bonds is 9. The molecule has 0 saturated carbocycles. The van der Waals surface area contributed by atoms with E-state index in [1.807, 2.05) is 14.1 Å². The molecule has 0 radical (unpaired) electrons. The van der Waals surface area contributed by atoms with Crippen LogP contribution in [0.15, 0.2) is 24.3 Å². The van der Waals surface area contributed by atoms with Gasteiger partial charge in [0, 0.05) is 6.54 Å². The molecule has 0 spiro atoms. The second-order valence-corrected chi connectivity index (χ2v) is 5.77. The van der Waals surface area contributed by atoms with Crippen molar-refractivity contribution in [1.82, 2.24) is 4.90 Å². The Labute approximate surface area is 122 Å². The summed E-state index contributed by atoms with van der Waals surface area (Å²) in [5, 5.41) is 9.07. The Morgan fingerprint density at radius 3 is 2.35 bits per heavy atom. The van der Waals surface area contributed by atoms with Gasteiger partial charge in [-0.15, -0.1) is 0 Å². The molecule has 112 valence electrons. The molecule has 1 unspecified atom stereocenters. The first-order valence-corrected chi connectivity index (χ1v) is 7.48. The largest absolute Gasteiger partial charge is 0.481 e. The lowest BCUT2D eigenvalue weighted by Crippen LogP contribution is -2.11. The van der Waals surface area contributed by atoms with Crippen LogP contribution in [0.5, 0.6) is 0 Å². The van der Waals surface area contributed by atoms with Gasteiger partial charge in [0.1, 0.15) is 0 Å². The third-order valence-electron chi connectivity index (χ3n) is 3.53. The van der Waals surface area contributed by atoms with Crippen molar-refractivity contribution in [2.45, 2.75) is 51.5 Å². The molecule has 1 N–H and O–H groups in total. The number of nitrogens with zero attached hydrogens (tertiary/aromatic N) is 1. The van der Waals surface area contributed by atoms with E-state index in [-0.39, 0.29) is 12.3 Å². The molecule has 1 atom stereocenters. The number of carbonyl (C=O) groups is 1. The van der Waals surface area contributed by atoms with Gasteiger partial charge >= 0.3 is 5.97 Å². The van der Waals surface area contributed by atoms with E-state index >= 15 is 0 Å². The van der Waals surface area contributed by atoms with E-state index in [1.165, 1.54) is 18.4 Å². The van der Waals surface area contributed by atoms with E-state index in [4.69, 9.17) is 5.11 Å². The molecule has 0 fully saturated rings. The summed E-state index contributed by atoms with van der Waals surface area (Å²) in [6.45, 7) is 3.09. The van der Waals surface area contributed by atoms with Crippen LogP contribution >= 0.6 is 0 Å². The Balaban J connectivity index is 2.71. The molecule has 0 aliphatic carbocycles. The summed E-state index contributed by atoms with van der Waals surface area (Å²) in [4.78, 5) is 13.2. The lowest BCUT2D eigenvalue weighted by Gasteiger charge is -2.16. The molecule has 1 aromatic rings. The van der Waals surface area contributed by atoms with Gasteiger partial charge < -0.3 is 10.0 Å². The fourth-order valence-electron chi connectivity index (χ4n) is 2.50. The van der Waals surface area contributed by atoms with Gasteiger partial charge in [-0.3, -0.25) is 4.79 Å². The highest BCUT2D eigenvalue weighted by atomic mass is 16.4. The van der Waals surface area contributed by atoms with Gasteiger partial charge in [-0.25, -0.2) is 0 Å². The van der Waals surface area contributed by atoms with E-state index in [0.29, 0.717) is 0 Å². The minimum atomic E-state index is -0.705. The highest BCUT2D eigenvalue weighted by Crippen LogP contribution is 2.26. The summed E-state index contributed by atoms with van der Waals surface area (Å²) in [5.74, 6) is -0.559. The summed E-state index contributed by atoms with van der Waals surface area (Å²) in [7, 11) is 4.10. The molecule has 1 rings (SSSR count). The highest BCUT2D eigenvalue weighted by molar-refractivity contribution is 5.68. The molecular formula is C17H27NO2. The lowest BCUT2D eigenvalue weighted by molar-refractivity contribution is -0.137. The normalized spacial score (nSPS) is 12.6. The number of unbranched alkanes of at least 4 members (excludes halogenated alkanes) is 2. The molecule has 0 bridgehead atoms.